The molecule has 0 bridgehead atoms. The van der Waals surface area contributed by atoms with E-state index in [0.29, 0.717) is 37.3 Å². The number of aliphatic hydroxyl groups excluding tert-OH is 2. The third kappa shape index (κ3) is 5.23. The third-order valence-electron chi connectivity index (χ3n) is 3.31. The number of phenols is 1. The number of aromatic hydroxyl groups is 1. The van der Waals surface area contributed by atoms with E-state index in [0.717, 1.165) is 0 Å². The second-order valence-corrected chi connectivity index (χ2v) is 5.29. The molecule has 0 aliphatic heterocycles. The Morgan fingerprint density at radius 3 is 1.77 bits per heavy atom. The van der Waals surface area contributed by atoms with Crippen LogP contribution < -0.4 is 0 Å². The van der Waals surface area contributed by atoms with Crippen LogP contribution in [0.5, 0.6) is 5.75 Å². The number of non-ortho nitro benzene ring substituents is 1. The minimum absolute atomic E-state index is 0.0141. The van der Waals surface area contributed by atoms with Crippen LogP contribution in [-0.2, 0) is 13.1 Å². The van der Waals surface area contributed by atoms with Crippen LogP contribution in [0.3, 0.4) is 0 Å². The Hall–Kier alpha value is -1.74. The van der Waals surface area contributed by atoms with Crippen molar-refractivity contribution >= 4 is 5.69 Å². The summed E-state index contributed by atoms with van der Waals surface area (Å²) in [5.41, 5.74) is 0.799. The summed E-state index contributed by atoms with van der Waals surface area (Å²) in [6.07, 6.45) is 0. The lowest BCUT2D eigenvalue weighted by Crippen LogP contribution is -2.23. The number of benzene rings is 1. The van der Waals surface area contributed by atoms with E-state index >= 15 is 0 Å². The molecule has 0 fully saturated rings. The Balaban J connectivity index is 3.09. The molecule has 0 atom stereocenters. The lowest BCUT2D eigenvalue weighted by Gasteiger charge is -2.20. The average molecular weight is 313 g/mol. The fourth-order valence-electron chi connectivity index (χ4n) is 2.17. The van der Waals surface area contributed by atoms with Crippen LogP contribution in [0.4, 0.5) is 5.69 Å². The van der Waals surface area contributed by atoms with Crippen LogP contribution in [0.2, 0.25) is 0 Å². The molecule has 0 aliphatic rings. The molecule has 1 aromatic rings. The molecule has 0 amide bonds. The van der Waals surface area contributed by atoms with Crippen LogP contribution >= 0.6 is 0 Å². The summed E-state index contributed by atoms with van der Waals surface area (Å²) in [7, 11) is 3.51. The number of hydrogen-bond acceptors (Lipinski definition) is 7. The van der Waals surface area contributed by atoms with Crippen LogP contribution in [-0.4, -0.2) is 70.4 Å². The number of nitrogens with zero attached hydrogens (tertiary/aromatic N) is 3. The smallest absolute Gasteiger partial charge is 0.270 e. The molecule has 3 N–H and O–H groups in total. The van der Waals surface area contributed by atoms with Crippen molar-refractivity contribution in [2.75, 3.05) is 40.4 Å². The predicted octanol–water partition coefficient (Wildman–Crippen LogP) is 0.149. The number of rotatable bonds is 9. The largest absolute Gasteiger partial charge is 0.507 e. The highest BCUT2D eigenvalue weighted by molar-refractivity contribution is 5.49. The van der Waals surface area contributed by atoms with Crippen molar-refractivity contribution in [1.29, 1.82) is 0 Å². The van der Waals surface area contributed by atoms with Crippen LogP contribution in [0.15, 0.2) is 12.1 Å². The summed E-state index contributed by atoms with van der Waals surface area (Å²) >= 11 is 0. The Labute approximate surface area is 129 Å². The first kappa shape index (κ1) is 18.3. The van der Waals surface area contributed by atoms with Crippen LogP contribution in [0.25, 0.3) is 0 Å². The van der Waals surface area contributed by atoms with Crippen molar-refractivity contribution in [3.63, 3.8) is 0 Å². The molecular weight excluding hydrogens is 290 g/mol. The maximum Gasteiger partial charge on any atom is 0.270 e. The summed E-state index contributed by atoms with van der Waals surface area (Å²) in [4.78, 5) is 14.1. The van der Waals surface area contributed by atoms with Gasteiger partial charge in [-0.05, 0) is 14.1 Å². The number of nitro benzene ring substituents is 1. The van der Waals surface area contributed by atoms with E-state index in [1.54, 1.807) is 23.9 Å². The molecule has 0 radical (unpaired) electrons. The average Bonchev–Trinajstić information content (AvgIpc) is 2.43. The van der Waals surface area contributed by atoms with Crippen LogP contribution in [0.1, 0.15) is 11.1 Å². The molecule has 8 nitrogen and oxygen atoms in total. The van der Waals surface area contributed by atoms with Crippen molar-refractivity contribution in [3.8, 4) is 5.75 Å². The van der Waals surface area contributed by atoms with Crippen LogP contribution in [0, 0.1) is 10.1 Å². The molecule has 22 heavy (non-hydrogen) atoms. The molecule has 0 saturated heterocycles. The van der Waals surface area contributed by atoms with Gasteiger partial charge in [-0.3, -0.25) is 19.9 Å². The number of aliphatic hydroxyl groups is 2. The number of likely N-dealkylation sites (N-methyl/N-ethyl adjacent to an activating group) is 2. The second kappa shape index (κ2) is 8.64. The van der Waals surface area contributed by atoms with Gasteiger partial charge in [-0.2, -0.15) is 0 Å². The number of nitro groups is 1. The lowest BCUT2D eigenvalue weighted by atomic mass is 10.1. The van der Waals surface area contributed by atoms with Gasteiger partial charge in [0.15, 0.2) is 0 Å². The Bertz CT molecular complexity index is 474. The van der Waals surface area contributed by atoms with Crippen molar-refractivity contribution in [2.24, 2.45) is 0 Å². The number of phenolic OH excluding ortho intramolecular Hbond substituents is 1. The third-order valence-corrected chi connectivity index (χ3v) is 3.31. The monoisotopic (exact) mass is 313 g/mol. The van der Waals surface area contributed by atoms with Gasteiger partial charge in [0.25, 0.3) is 5.69 Å². The second-order valence-electron chi connectivity index (χ2n) is 5.29. The predicted molar refractivity (Wildman–Crippen MR) is 81.6 cm³/mol. The topological polar surface area (TPSA) is 110 Å². The van der Waals surface area contributed by atoms with E-state index in [2.05, 4.69) is 0 Å². The van der Waals surface area contributed by atoms with Crippen molar-refractivity contribution in [1.82, 2.24) is 9.80 Å². The SMILES string of the molecule is CN(CCO)Cc1cc([N+](=O)[O-])cc(CN(C)CCO)c1O. The van der Waals surface area contributed by atoms with Gasteiger partial charge < -0.3 is 15.3 Å². The summed E-state index contributed by atoms with van der Waals surface area (Å²) in [6.45, 7) is 1.34. The van der Waals surface area contributed by atoms with Gasteiger partial charge in [0.2, 0.25) is 0 Å². The lowest BCUT2D eigenvalue weighted by molar-refractivity contribution is -0.385. The normalized spacial score (nSPS) is 11.4. The summed E-state index contributed by atoms with van der Waals surface area (Å²) in [6, 6.07) is 2.69. The molecule has 0 spiro atoms. The summed E-state index contributed by atoms with van der Waals surface area (Å²) in [5, 5.41) is 39.2. The Morgan fingerprint density at radius 1 is 1.05 bits per heavy atom. The van der Waals surface area contributed by atoms with Crippen molar-refractivity contribution in [2.45, 2.75) is 13.1 Å². The fourth-order valence-corrected chi connectivity index (χ4v) is 2.17. The molecule has 1 aromatic carbocycles. The molecule has 0 heterocycles. The maximum atomic E-state index is 11.1. The zero-order valence-corrected chi connectivity index (χ0v) is 12.9. The van der Waals surface area contributed by atoms with E-state index < -0.39 is 4.92 Å². The van der Waals surface area contributed by atoms with Crippen molar-refractivity contribution in [3.05, 3.63) is 33.4 Å². The zero-order chi connectivity index (χ0) is 16.7. The van der Waals surface area contributed by atoms with Gasteiger partial charge in [-0.15, -0.1) is 0 Å². The van der Waals surface area contributed by atoms with Gasteiger partial charge in [-0.25, -0.2) is 0 Å². The van der Waals surface area contributed by atoms with E-state index in [-0.39, 0.29) is 24.7 Å². The highest BCUT2D eigenvalue weighted by Crippen LogP contribution is 2.30. The fraction of sp³-hybridized carbons (Fsp3) is 0.571. The minimum atomic E-state index is -0.496. The molecule has 124 valence electrons. The van der Waals surface area contributed by atoms with E-state index in [9.17, 15) is 15.2 Å². The molecule has 0 aromatic heterocycles. The first-order valence-corrected chi connectivity index (χ1v) is 6.97. The van der Waals surface area contributed by atoms with E-state index in [1.807, 2.05) is 0 Å². The Morgan fingerprint density at radius 2 is 1.45 bits per heavy atom. The van der Waals surface area contributed by atoms with Gasteiger partial charge in [0.1, 0.15) is 5.75 Å². The zero-order valence-electron chi connectivity index (χ0n) is 12.9. The summed E-state index contributed by atoms with van der Waals surface area (Å²) < 4.78 is 0. The van der Waals surface area contributed by atoms with Gasteiger partial charge >= 0.3 is 0 Å². The molecule has 1 rings (SSSR count). The maximum absolute atomic E-state index is 11.1. The van der Waals surface area contributed by atoms with E-state index in [4.69, 9.17) is 10.2 Å². The first-order chi connectivity index (χ1) is 10.4. The van der Waals surface area contributed by atoms with Gasteiger partial charge in [0.05, 0.1) is 18.1 Å². The highest BCUT2D eigenvalue weighted by Gasteiger charge is 2.18. The molecule has 0 aliphatic carbocycles. The Kier molecular flexibility index (Phi) is 7.19. The number of hydrogen-bond donors (Lipinski definition) is 3. The van der Waals surface area contributed by atoms with Crippen molar-refractivity contribution < 1.29 is 20.2 Å². The van der Waals surface area contributed by atoms with Gasteiger partial charge in [-0.1, -0.05) is 0 Å². The van der Waals surface area contributed by atoms with Gasteiger partial charge in [0, 0.05) is 49.4 Å². The molecular formula is C14H23N3O5. The first-order valence-electron chi connectivity index (χ1n) is 6.97. The molecule has 8 heteroatoms. The minimum Gasteiger partial charge on any atom is -0.507 e. The van der Waals surface area contributed by atoms with E-state index in [1.165, 1.54) is 12.1 Å². The summed E-state index contributed by atoms with van der Waals surface area (Å²) in [5.74, 6) is 0.0141. The standard InChI is InChI=1S/C14H23N3O5/c1-15(3-5-18)9-11-7-13(17(21)22)8-12(14(11)20)10-16(2)4-6-19/h7-8,18-20H,3-6,9-10H2,1-2H3. The molecule has 0 saturated carbocycles. The molecule has 0 unspecified atom stereocenters. The quantitative estimate of drug-likeness (QED) is 0.439. The highest BCUT2D eigenvalue weighted by atomic mass is 16.6.